The average molecular weight is 343 g/mol. The van der Waals surface area contributed by atoms with Crippen LogP contribution in [0.3, 0.4) is 0 Å². The van der Waals surface area contributed by atoms with Gasteiger partial charge in [0.15, 0.2) is 4.96 Å². The Morgan fingerprint density at radius 3 is 2.37 bits per heavy atom. The summed E-state index contributed by atoms with van der Waals surface area (Å²) in [5.41, 5.74) is 0.430. The van der Waals surface area contributed by atoms with E-state index in [4.69, 9.17) is 47.0 Å². The number of benzene rings is 1. The number of halogens is 4. The minimum Gasteiger partial charge on any atom is -0.269 e. The van der Waals surface area contributed by atoms with Crippen molar-refractivity contribution >= 4 is 64.1 Å². The molecule has 0 bridgehead atoms. The molecule has 4 nitrogen and oxygen atoms in total. The first kappa shape index (κ1) is 14.7. The molecule has 0 radical (unpaired) electrons. The van der Waals surface area contributed by atoms with Gasteiger partial charge in [0.05, 0.1) is 0 Å². The molecule has 0 spiro atoms. The van der Waals surface area contributed by atoms with Gasteiger partial charge in [-0.05, 0) is 24.3 Å². The summed E-state index contributed by atoms with van der Waals surface area (Å²) >= 11 is 21.9. The number of nitrogens with zero attached hydrogens (tertiary/aromatic N) is 3. The van der Waals surface area contributed by atoms with E-state index in [0.29, 0.717) is 10.7 Å². The fourth-order valence-electron chi connectivity index (χ4n) is 1.70. The van der Waals surface area contributed by atoms with Gasteiger partial charge in [-0.3, -0.25) is 4.90 Å². The number of thiocarbonyl (C=S) groups is 1. The van der Waals surface area contributed by atoms with Crippen LogP contribution in [-0.2, 0) is 0 Å². The van der Waals surface area contributed by atoms with Gasteiger partial charge in [-0.15, -0.1) is 5.01 Å². The van der Waals surface area contributed by atoms with Crippen LogP contribution in [0.2, 0.25) is 5.02 Å². The molecular weight excluding hydrogens is 336 g/mol. The molecule has 1 heterocycles. The lowest BCUT2D eigenvalue weighted by Gasteiger charge is -2.25. The largest absolute Gasteiger partial charge is 0.370 e. The van der Waals surface area contributed by atoms with Crippen LogP contribution in [-0.4, -0.2) is 32.8 Å². The second-order valence-corrected chi connectivity index (χ2v) is 5.36. The number of rotatable bonds is 3. The molecular formula is C10H7Cl3FN3OS. The summed E-state index contributed by atoms with van der Waals surface area (Å²) in [6, 6.07) is 5.37. The van der Waals surface area contributed by atoms with E-state index < -0.39 is 17.2 Å². The Kier molecular flexibility index (Phi) is 4.47. The standard InChI is InChI=1S/C10H7Cl3FN3OS/c11-6-1-3-7(4-2-6)15-8(5-19)16(9(12)13)17(14)10(15)18/h1-5,8-9H. The highest BCUT2D eigenvalue weighted by Gasteiger charge is 2.47. The van der Waals surface area contributed by atoms with E-state index >= 15 is 0 Å². The van der Waals surface area contributed by atoms with Gasteiger partial charge in [0.1, 0.15) is 6.17 Å². The van der Waals surface area contributed by atoms with Crippen LogP contribution in [0.1, 0.15) is 0 Å². The molecule has 9 heteroatoms. The van der Waals surface area contributed by atoms with E-state index in [0.717, 1.165) is 9.91 Å². The summed E-state index contributed by atoms with van der Waals surface area (Å²) in [7, 11) is 0. The molecule has 1 aromatic carbocycles. The predicted molar refractivity (Wildman–Crippen MR) is 77.1 cm³/mol. The summed E-state index contributed by atoms with van der Waals surface area (Å²) in [6.07, 6.45) is -0.895. The molecule has 1 aliphatic rings. The van der Waals surface area contributed by atoms with Crippen molar-refractivity contribution in [2.45, 2.75) is 11.1 Å². The zero-order valence-corrected chi connectivity index (χ0v) is 12.3. The Labute approximate surface area is 129 Å². The van der Waals surface area contributed by atoms with Gasteiger partial charge in [-0.1, -0.05) is 56.7 Å². The highest BCUT2D eigenvalue weighted by atomic mass is 35.5. The van der Waals surface area contributed by atoms with Gasteiger partial charge in [0.2, 0.25) is 0 Å². The van der Waals surface area contributed by atoms with Crippen LogP contribution < -0.4 is 4.90 Å². The van der Waals surface area contributed by atoms with Crippen molar-refractivity contribution in [3.05, 3.63) is 29.3 Å². The van der Waals surface area contributed by atoms with Crippen LogP contribution in [0.4, 0.5) is 15.0 Å². The van der Waals surface area contributed by atoms with Crippen molar-refractivity contribution in [3.63, 3.8) is 0 Å². The number of hydrazine groups is 1. The Morgan fingerprint density at radius 2 is 1.89 bits per heavy atom. The molecule has 1 saturated heterocycles. The highest BCUT2D eigenvalue weighted by Crippen LogP contribution is 2.32. The SMILES string of the molecule is O=C1N(c2ccc(Cl)cc2)C(C=S)N(C(Cl)Cl)N1F. The molecule has 1 aromatic rings. The second kappa shape index (κ2) is 5.76. The molecule has 102 valence electrons. The molecule has 0 saturated carbocycles. The van der Waals surface area contributed by atoms with Crippen LogP contribution >= 0.6 is 47.0 Å². The first-order valence-corrected chi connectivity index (χ1v) is 6.76. The minimum atomic E-state index is -1.25. The fraction of sp³-hybridized carbons (Fsp3) is 0.200. The summed E-state index contributed by atoms with van der Waals surface area (Å²) in [6.45, 7) is 0. The first-order chi connectivity index (χ1) is 8.97. The maximum atomic E-state index is 13.8. The van der Waals surface area contributed by atoms with Gasteiger partial charge in [0.25, 0.3) is 0 Å². The first-order valence-electron chi connectivity index (χ1n) is 5.03. The summed E-state index contributed by atoms with van der Waals surface area (Å²) in [5.74, 6) is 0. The molecule has 19 heavy (non-hydrogen) atoms. The van der Waals surface area contributed by atoms with E-state index in [2.05, 4.69) is 0 Å². The van der Waals surface area contributed by atoms with Crippen molar-refractivity contribution in [1.29, 1.82) is 0 Å². The zero-order valence-electron chi connectivity index (χ0n) is 9.21. The van der Waals surface area contributed by atoms with Crippen molar-refractivity contribution in [2.24, 2.45) is 0 Å². The lowest BCUT2D eigenvalue weighted by atomic mass is 10.3. The van der Waals surface area contributed by atoms with Crippen molar-refractivity contribution < 1.29 is 9.28 Å². The highest BCUT2D eigenvalue weighted by molar-refractivity contribution is 7.79. The maximum absolute atomic E-state index is 13.8. The molecule has 0 aromatic heterocycles. The Morgan fingerprint density at radius 1 is 1.32 bits per heavy atom. The topological polar surface area (TPSA) is 26.8 Å². The Balaban J connectivity index is 2.41. The lowest BCUT2D eigenvalue weighted by molar-refractivity contribution is -0.0993. The maximum Gasteiger partial charge on any atom is 0.370 e. The molecule has 1 unspecified atom stereocenters. The molecule has 0 aliphatic carbocycles. The third-order valence-electron chi connectivity index (χ3n) is 2.53. The van der Waals surface area contributed by atoms with Crippen molar-refractivity contribution in [1.82, 2.24) is 10.2 Å². The van der Waals surface area contributed by atoms with Crippen LogP contribution in [0.15, 0.2) is 24.3 Å². The van der Waals surface area contributed by atoms with E-state index in [1.54, 1.807) is 24.3 Å². The zero-order chi connectivity index (χ0) is 14.2. The predicted octanol–water partition coefficient (Wildman–Crippen LogP) is 3.77. The van der Waals surface area contributed by atoms with E-state index in [9.17, 15) is 9.28 Å². The number of hydrogen-bond donors (Lipinski definition) is 0. The summed E-state index contributed by atoms with van der Waals surface area (Å²) < 4.78 is 13.8. The molecule has 0 N–H and O–H groups in total. The van der Waals surface area contributed by atoms with Crippen molar-refractivity contribution in [3.8, 4) is 0 Å². The fourth-order valence-corrected chi connectivity index (χ4v) is 2.46. The van der Waals surface area contributed by atoms with Crippen LogP contribution in [0.25, 0.3) is 0 Å². The van der Waals surface area contributed by atoms with Gasteiger partial charge < -0.3 is 0 Å². The number of hydrogen-bond acceptors (Lipinski definition) is 3. The Bertz CT molecular complexity index is 501. The van der Waals surface area contributed by atoms with Gasteiger partial charge >= 0.3 is 6.03 Å². The van der Waals surface area contributed by atoms with Crippen molar-refractivity contribution in [2.75, 3.05) is 4.90 Å². The number of amides is 2. The van der Waals surface area contributed by atoms with E-state index in [-0.39, 0.29) is 5.23 Å². The van der Waals surface area contributed by atoms with E-state index in [1.165, 1.54) is 5.37 Å². The van der Waals surface area contributed by atoms with Crippen LogP contribution in [0, 0.1) is 0 Å². The number of carbonyl (C=O) groups is 1. The normalized spacial score (nSPS) is 20.5. The number of alkyl halides is 2. The summed E-state index contributed by atoms with van der Waals surface area (Å²) in [4.78, 5) is 11.8. The molecule has 2 amide bonds. The van der Waals surface area contributed by atoms with Gasteiger partial charge in [-0.2, -0.15) is 0 Å². The minimum absolute atomic E-state index is 0.160. The molecule has 2 rings (SSSR count). The third-order valence-corrected chi connectivity index (χ3v) is 3.42. The molecule has 1 aliphatic heterocycles. The number of urea groups is 1. The third kappa shape index (κ3) is 2.64. The Hall–Kier alpha value is -0.660. The molecule has 1 fully saturated rings. The quantitative estimate of drug-likeness (QED) is 0.362. The lowest BCUT2D eigenvalue weighted by Crippen LogP contribution is -2.43. The molecule has 1 atom stereocenters. The monoisotopic (exact) mass is 341 g/mol. The number of carbonyl (C=O) groups excluding carboxylic acids is 1. The summed E-state index contributed by atoms with van der Waals surface area (Å²) in [5, 5.41) is 2.35. The second-order valence-electron chi connectivity index (χ2n) is 3.60. The average Bonchev–Trinajstić information content (AvgIpc) is 2.63. The smallest absolute Gasteiger partial charge is 0.269 e. The van der Waals surface area contributed by atoms with Gasteiger partial charge in [-0.25, -0.2) is 4.79 Å². The van der Waals surface area contributed by atoms with E-state index in [1.807, 2.05) is 0 Å². The van der Waals surface area contributed by atoms with Gasteiger partial charge in [0, 0.05) is 16.1 Å². The number of anilines is 1. The van der Waals surface area contributed by atoms with Crippen LogP contribution in [0.5, 0.6) is 0 Å².